The zero-order chi connectivity index (χ0) is 14.6. The molecule has 0 amide bonds. The summed E-state index contributed by atoms with van der Waals surface area (Å²) < 4.78 is 2.19. The lowest BCUT2D eigenvalue weighted by Crippen LogP contribution is -2.12. The molecule has 4 rings (SSSR count). The van der Waals surface area contributed by atoms with Gasteiger partial charge in [-0.15, -0.1) is 0 Å². The summed E-state index contributed by atoms with van der Waals surface area (Å²) in [5, 5.41) is 0. The van der Waals surface area contributed by atoms with Crippen LogP contribution in [0.3, 0.4) is 0 Å². The highest BCUT2D eigenvalue weighted by molar-refractivity contribution is 5.75. The van der Waals surface area contributed by atoms with Gasteiger partial charge in [0, 0.05) is 37.3 Å². The Morgan fingerprint density at radius 2 is 2.14 bits per heavy atom. The summed E-state index contributed by atoms with van der Waals surface area (Å²) in [6.07, 6.45) is 3.62. The molecule has 21 heavy (non-hydrogen) atoms. The van der Waals surface area contributed by atoms with Crippen molar-refractivity contribution in [3.05, 3.63) is 29.6 Å². The molecular weight excluding hydrogens is 260 g/mol. The first kappa shape index (κ1) is 12.7. The summed E-state index contributed by atoms with van der Waals surface area (Å²) in [4.78, 5) is 7.19. The molecule has 1 aliphatic carbocycles. The van der Waals surface area contributed by atoms with Crippen molar-refractivity contribution in [1.82, 2.24) is 9.55 Å². The lowest BCUT2D eigenvalue weighted by molar-refractivity contribution is 0.708. The van der Waals surface area contributed by atoms with Gasteiger partial charge < -0.3 is 15.2 Å². The molecule has 2 N–H and O–H groups in total. The van der Waals surface area contributed by atoms with Crippen LogP contribution in [0.4, 0.5) is 11.5 Å². The molecule has 0 unspecified atom stereocenters. The number of nitrogens with two attached hydrogens (primary N) is 1. The maximum atomic E-state index is 6.37. The Morgan fingerprint density at radius 3 is 2.86 bits per heavy atom. The molecule has 1 saturated carbocycles. The lowest BCUT2D eigenvalue weighted by atomic mass is 10.1. The number of imidazole rings is 1. The predicted molar refractivity (Wildman–Crippen MR) is 86.7 cm³/mol. The Kier molecular flexibility index (Phi) is 2.74. The maximum absolute atomic E-state index is 6.37. The second-order valence-electron chi connectivity index (χ2n) is 6.24. The summed E-state index contributed by atoms with van der Waals surface area (Å²) >= 11 is 0. The van der Waals surface area contributed by atoms with Gasteiger partial charge in [-0.05, 0) is 43.9 Å². The Morgan fingerprint density at radius 1 is 1.33 bits per heavy atom. The largest absolute Gasteiger partial charge is 0.383 e. The van der Waals surface area contributed by atoms with E-state index in [0.717, 1.165) is 36.6 Å². The molecule has 0 saturated heterocycles. The van der Waals surface area contributed by atoms with Crippen LogP contribution in [0.15, 0.2) is 18.2 Å². The van der Waals surface area contributed by atoms with Gasteiger partial charge >= 0.3 is 0 Å². The van der Waals surface area contributed by atoms with Gasteiger partial charge in [-0.2, -0.15) is 0 Å². The molecule has 2 heterocycles. The first-order chi connectivity index (χ1) is 10.2. The third-order valence-electron chi connectivity index (χ3n) is 4.78. The smallest absolute Gasteiger partial charge is 0.131 e. The van der Waals surface area contributed by atoms with Crippen LogP contribution in [-0.4, -0.2) is 23.1 Å². The van der Waals surface area contributed by atoms with Gasteiger partial charge in [0.05, 0.1) is 0 Å². The minimum Gasteiger partial charge on any atom is -0.383 e. The van der Waals surface area contributed by atoms with E-state index >= 15 is 0 Å². The summed E-state index contributed by atoms with van der Waals surface area (Å²) in [5.74, 6) is 2.63. The highest BCUT2D eigenvalue weighted by Crippen LogP contribution is 2.42. The first-order valence-corrected chi connectivity index (χ1v) is 7.89. The fraction of sp³-hybridized carbons (Fsp3) is 0.471. The molecule has 4 heteroatoms. The van der Waals surface area contributed by atoms with E-state index in [2.05, 4.69) is 41.6 Å². The van der Waals surface area contributed by atoms with Crippen LogP contribution in [0.1, 0.15) is 37.1 Å². The number of anilines is 2. The number of nitrogen functional groups attached to an aromatic ring is 1. The normalized spacial score (nSPS) is 17.3. The zero-order valence-electron chi connectivity index (χ0n) is 12.8. The number of likely N-dealkylation sites (N-methyl/N-ethyl adjacent to an activating group) is 1. The number of aromatic nitrogens is 2. The van der Waals surface area contributed by atoms with E-state index in [9.17, 15) is 0 Å². The van der Waals surface area contributed by atoms with Crippen molar-refractivity contribution in [2.75, 3.05) is 24.2 Å². The van der Waals surface area contributed by atoms with Gasteiger partial charge in [0.15, 0.2) is 0 Å². The lowest BCUT2D eigenvalue weighted by Gasteiger charge is -2.12. The minimum atomic E-state index is 0.626. The number of benzene rings is 1. The number of fused-ring (bicyclic) bond motifs is 1. The molecule has 0 radical (unpaired) electrons. The SMILES string of the molecule is CCn1c(C2CC2)nc(-c2ccc3c(c2)CCN3C)c1N. The van der Waals surface area contributed by atoms with E-state index in [1.54, 1.807) is 0 Å². The van der Waals surface area contributed by atoms with Crippen molar-refractivity contribution in [3.8, 4) is 11.3 Å². The molecular formula is C17H22N4. The van der Waals surface area contributed by atoms with Crippen LogP contribution in [0.2, 0.25) is 0 Å². The second kappa shape index (κ2) is 4.52. The van der Waals surface area contributed by atoms with E-state index in [1.807, 2.05) is 0 Å². The van der Waals surface area contributed by atoms with Gasteiger partial charge in [-0.1, -0.05) is 6.07 Å². The maximum Gasteiger partial charge on any atom is 0.131 e. The van der Waals surface area contributed by atoms with Crippen molar-refractivity contribution in [1.29, 1.82) is 0 Å². The zero-order valence-corrected chi connectivity index (χ0v) is 12.8. The average molecular weight is 282 g/mol. The van der Waals surface area contributed by atoms with E-state index < -0.39 is 0 Å². The third kappa shape index (κ3) is 1.93. The fourth-order valence-corrected chi connectivity index (χ4v) is 3.40. The van der Waals surface area contributed by atoms with Crippen LogP contribution in [0, 0.1) is 0 Å². The second-order valence-corrected chi connectivity index (χ2v) is 6.24. The van der Waals surface area contributed by atoms with Crippen molar-refractivity contribution < 1.29 is 0 Å². The van der Waals surface area contributed by atoms with E-state index in [0.29, 0.717) is 5.92 Å². The molecule has 4 nitrogen and oxygen atoms in total. The Hall–Kier alpha value is -1.97. The van der Waals surface area contributed by atoms with Gasteiger partial charge in [0.25, 0.3) is 0 Å². The Bertz CT molecular complexity index is 697. The number of hydrogen-bond acceptors (Lipinski definition) is 3. The summed E-state index contributed by atoms with van der Waals surface area (Å²) in [7, 11) is 2.15. The number of rotatable bonds is 3. The number of nitrogens with zero attached hydrogens (tertiary/aromatic N) is 3. The number of hydrogen-bond donors (Lipinski definition) is 1. The van der Waals surface area contributed by atoms with Crippen molar-refractivity contribution in [2.45, 2.75) is 38.6 Å². The predicted octanol–water partition coefficient (Wildman–Crippen LogP) is 3.02. The standard InChI is InChI=1S/C17H22N4/c1-3-21-16(18)15(19-17(21)11-4-5-11)13-6-7-14-12(10-13)8-9-20(14)2/h6-7,10-11H,3-5,8-9,18H2,1-2H3. The molecule has 0 atom stereocenters. The first-order valence-electron chi connectivity index (χ1n) is 7.89. The van der Waals surface area contributed by atoms with Gasteiger partial charge in [-0.25, -0.2) is 4.98 Å². The molecule has 1 aliphatic heterocycles. The Balaban J connectivity index is 1.80. The van der Waals surface area contributed by atoms with Gasteiger partial charge in [0.2, 0.25) is 0 Å². The van der Waals surface area contributed by atoms with E-state index in [4.69, 9.17) is 10.7 Å². The average Bonchev–Trinajstić information content (AvgIpc) is 3.20. The summed E-state index contributed by atoms with van der Waals surface area (Å²) in [5.41, 5.74) is 11.3. The van der Waals surface area contributed by atoms with Crippen molar-refractivity contribution in [2.24, 2.45) is 0 Å². The minimum absolute atomic E-state index is 0.626. The van der Waals surface area contributed by atoms with E-state index in [1.165, 1.54) is 29.9 Å². The molecule has 2 aliphatic rings. The molecule has 0 spiro atoms. The van der Waals surface area contributed by atoms with E-state index in [-0.39, 0.29) is 0 Å². The molecule has 110 valence electrons. The molecule has 1 aromatic carbocycles. The fourth-order valence-electron chi connectivity index (χ4n) is 3.40. The van der Waals surface area contributed by atoms with Crippen molar-refractivity contribution in [3.63, 3.8) is 0 Å². The molecule has 1 aromatic heterocycles. The third-order valence-corrected chi connectivity index (χ3v) is 4.78. The van der Waals surface area contributed by atoms with Crippen LogP contribution in [0.25, 0.3) is 11.3 Å². The highest BCUT2D eigenvalue weighted by Gasteiger charge is 2.30. The molecule has 0 bridgehead atoms. The van der Waals surface area contributed by atoms with Crippen LogP contribution >= 0.6 is 0 Å². The highest BCUT2D eigenvalue weighted by atomic mass is 15.1. The quantitative estimate of drug-likeness (QED) is 0.941. The molecule has 2 aromatic rings. The molecule has 1 fully saturated rings. The monoisotopic (exact) mass is 282 g/mol. The van der Waals surface area contributed by atoms with Gasteiger partial charge in [-0.3, -0.25) is 0 Å². The van der Waals surface area contributed by atoms with Crippen molar-refractivity contribution >= 4 is 11.5 Å². The Labute approximate surface area is 125 Å². The summed E-state index contributed by atoms with van der Waals surface area (Å²) in [6, 6.07) is 6.64. The summed E-state index contributed by atoms with van der Waals surface area (Å²) in [6.45, 7) is 4.15. The van der Waals surface area contributed by atoms with Gasteiger partial charge in [0.1, 0.15) is 17.3 Å². The van der Waals surface area contributed by atoms with Crippen LogP contribution in [-0.2, 0) is 13.0 Å². The van der Waals surface area contributed by atoms with Crippen LogP contribution < -0.4 is 10.6 Å². The van der Waals surface area contributed by atoms with Crippen LogP contribution in [0.5, 0.6) is 0 Å². The topological polar surface area (TPSA) is 47.1 Å².